The largest absolute Gasteiger partial charge is 0.507 e. The van der Waals surface area contributed by atoms with Gasteiger partial charge in [0.05, 0.1) is 71.7 Å². The number of benzene rings is 1. The fourth-order valence-electron chi connectivity index (χ4n) is 6.61. The van der Waals surface area contributed by atoms with Crippen LogP contribution in [0, 0.1) is 13.8 Å². The van der Waals surface area contributed by atoms with Gasteiger partial charge in [0, 0.05) is 19.6 Å². The standard InChI is InChI=1S/C38H59NO11/c1-28-6-7-32(29(2)26-28)34-35(41)38(50-36(34)42)12-8-30(9-13-38)48-31-10-14-39(15-11-31)16-17-43-18-19-44-20-21-45-22-23-46-24-25-47-27-33(40)49-37(3,4)5/h6-7,26,30-31,41H,8-25,27H2,1-5H3/t30-,38+. The van der Waals surface area contributed by atoms with Gasteiger partial charge in [0.1, 0.15) is 17.8 Å². The first-order valence-corrected chi connectivity index (χ1v) is 18.2. The van der Waals surface area contributed by atoms with Crippen molar-refractivity contribution in [2.45, 2.75) is 96.6 Å². The average Bonchev–Trinajstić information content (AvgIpc) is 3.29. The van der Waals surface area contributed by atoms with E-state index in [4.69, 9.17) is 37.9 Å². The second-order valence-corrected chi connectivity index (χ2v) is 14.4. The average molecular weight is 706 g/mol. The third-order valence-corrected chi connectivity index (χ3v) is 9.15. The fraction of sp³-hybridized carbons (Fsp3) is 0.737. The summed E-state index contributed by atoms with van der Waals surface area (Å²) in [6.45, 7) is 16.5. The lowest BCUT2D eigenvalue weighted by Crippen LogP contribution is -2.43. The smallest absolute Gasteiger partial charge is 0.343 e. The number of aliphatic hydroxyl groups excluding tert-OH is 1. The molecule has 0 atom stereocenters. The van der Waals surface area contributed by atoms with Crippen molar-refractivity contribution in [1.29, 1.82) is 0 Å². The number of carbonyl (C=O) groups excluding carboxylic acids is 2. The second kappa shape index (κ2) is 19.9. The molecule has 1 saturated carbocycles. The van der Waals surface area contributed by atoms with Gasteiger partial charge in [0.2, 0.25) is 0 Å². The summed E-state index contributed by atoms with van der Waals surface area (Å²) in [5, 5.41) is 11.2. The van der Waals surface area contributed by atoms with Crippen molar-refractivity contribution in [2.24, 2.45) is 0 Å². The molecule has 12 nitrogen and oxygen atoms in total. The number of nitrogens with zero attached hydrogens (tertiary/aromatic N) is 1. The summed E-state index contributed by atoms with van der Waals surface area (Å²) >= 11 is 0. The zero-order valence-electron chi connectivity index (χ0n) is 30.8. The van der Waals surface area contributed by atoms with E-state index in [1.54, 1.807) is 0 Å². The van der Waals surface area contributed by atoms with Gasteiger partial charge in [-0.2, -0.15) is 0 Å². The first kappa shape index (κ1) is 40.2. The van der Waals surface area contributed by atoms with Gasteiger partial charge in [-0.05, 0) is 84.3 Å². The van der Waals surface area contributed by atoms with E-state index in [1.165, 1.54) is 0 Å². The molecule has 1 aromatic rings. The SMILES string of the molecule is Cc1ccc(C2=C(O)[C@]3(CC[C@H](OC4CCN(CCOCCOCCOCCOCCOCC(=O)OC(C)(C)C)CC4)CC3)OC2=O)c(C)c1. The van der Waals surface area contributed by atoms with Crippen LogP contribution in [0.4, 0.5) is 0 Å². The van der Waals surface area contributed by atoms with Gasteiger partial charge in [0.15, 0.2) is 11.4 Å². The van der Waals surface area contributed by atoms with Crippen LogP contribution in [0.3, 0.4) is 0 Å². The first-order chi connectivity index (χ1) is 24.0. The van der Waals surface area contributed by atoms with Crippen molar-refractivity contribution in [3.05, 3.63) is 40.6 Å². The highest BCUT2D eigenvalue weighted by Crippen LogP contribution is 2.46. The van der Waals surface area contributed by atoms with E-state index >= 15 is 0 Å². The van der Waals surface area contributed by atoms with Crippen LogP contribution < -0.4 is 0 Å². The molecule has 1 saturated heterocycles. The number of aliphatic hydroxyl groups is 1. The highest BCUT2D eigenvalue weighted by atomic mass is 16.6. The third kappa shape index (κ3) is 12.9. The summed E-state index contributed by atoms with van der Waals surface area (Å²) in [4.78, 5) is 26.8. The van der Waals surface area contributed by atoms with E-state index in [1.807, 2.05) is 52.8 Å². The molecule has 1 N–H and O–H groups in total. The number of esters is 2. The van der Waals surface area contributed by atoms with Crippen LogP contribution in [0.5, 0.6) is 0 Å². The Morgan fingerprint density at radius 2 is 1.38 bits per heavy atom. The van der Waals surface area contributed by atoms with Crippen LogP contribution in [0.2, 0.25) is 0 Å². The molecule has 4 rings (SSSR count). The van der Waals surface area contributed by atoms with E-state index in [-0.39, 0.29) is 30.5 Å². The molecule has 0 radical (unpaired) electrons. The number of ether oxygens (including phenoxy) is 8. The molecule has 2 aliphatic heterocycles. The van der Waals surface area contributed by atoms with E-state index in [2.05, 4.69) is 4.90 Å². The quantitative estimate of drug-likeness (QED) is 0.149. The molecule has 0 amide bonds. The summed E-state index contributed by atoms with van der Waals surface area (Å²) in [6, 6.07) is 5.88. The van der Waals surface area contributed by atoms with Crippen LogP contribution in [0.1, 0.15) is 76.0 Å². The number of likely N-dealkylation sites (tertiary alicyclic amines) is 1. The van der Waals surface area contributed by atoms with Crippen LogP contribution in [-0.4, -0.2) is 131 Å². The zero-order chi connectivity index (χ0) is 36.0. The number of aryl methyl sites for hydroxylation is 2. The van der Waals surface area contributed by atoms with Crippen LogP contribution >= 0.6 is 0 Å². The van der Waals surface area contributed by atoms with E-state index < -0.39 is 17.2 Å². The lowest BCUT2D eigenvalue weighted by Gasteiger charge is -2.39. The Kier molecular flexibility index (Phi) is 16.0. The maximum atomic E-state index is 12.9. The normalized spacial score (nSPS) is 22.0. The summed E-state index contributed by atoms with van der Waals surface area (Å²) in [5.74, 6) is -0.732. The number of piperidine rings is 1. The van der Waals surface area contributed by atoms with Crippen molar-refractivity contribution in [2.75, 3.05) is 85.7 Å². The third-order valence-electron chi connectivity index (χ3n) is 9.15. The van der Waals surface area contributed by atoms with Gasteiger partial charge in [-0.15, -0.1) is 0 Å². The molecule has 282 valence electrons. The molecule has 0 aromatic heterocycles. The minimum absolute atomic E-state index is 0.0826. The van der Waals surface area contributed by atoms with E-state index in [0.717, 1.165) is 62.0 Å². The molecule has 12 heteroatoms. The van der Waals surface area contributed by atoms with Gasteiger partial charge in [-0.1, -0.05) is 23.8 Å². The molecular weight excluding hydrogens is 646 g/mol. The minimum atomic E-state index is -0.925. The monoisotopic (exact) mass is 705 g/mol. The Bertz CT molecular complexity index is 1240. The molecule has 0 bridgehead atoms. The molecule has 2 heterocycles. The summed E-state index contributed by atoms with van der Waals surface area (Å²) in [7, 11) is 0. The number of hydrogen-bond acceptors (Lipinski definition) is 12. The Labute approximate surface area is 297 Å². The Morgan fingerprint density at radius 1 is 0.840 bits per heavy atom. The van der Waals surface area contributed by atoms with Crippen LogP contribution in [0.25, 0.3) is 5.57 Å². The predicted octanol–water partition coefficient (Wildman–Crippen LogP) is 4.72. The van der Waals surface area contributed by atoms with Crippen LogP contribution in [-0.2, 0) is 47.5 Å². The zero-order valence-corrected chi connectivity index (χ0v) is 30.8. The van der Waals surface area contributed by atoms with Crippen molar-refractivity contribution in [3.8, 4) is 0 Å². The van der Waals surface area contributed by atoms with Gasteiger partial charge in [-0.3, -0.25) is 0 Å². The lowest BCUT2D eigenvalue weighted by molar-refractivity contribution is -0.160. The fourth-order valence-corrected chi connectivity index (χ4v) is 6.61. The summed E-state index contributed by atoms with van der Waals surface area (Å²) in [5.41, 5.74) is 1.69. The molecule has 1 spiro atoms. The Hall–Kier alpha value is -2.58. The highest BCUT2D eigenvalue weighted by molar-refractivity contribution is 6.20. The molecule has 1 aliphatic carbocycles. The highest BCUT2D eigenvalue weighted by Gasteiger charge is 2.51. The lowest BCUT2D eigenvalue weighted by atomic mass is 9.80. The predicted molar refractivity (Wildman–Crippen MR) is 187 cm³/mol. The molecule has 50 heavy (non-hydrogen) atoms. The minimum Gasteiger partial charge on any atom is -0.507 e. The van der Waals surface area contributed by atoms with Gasteiger partial charge >= 0.3 is 11.9 Å². The van der Waals surface area contributed by atoms with E-state index in [9.17, 15) is 14.7 Å². The molecular formula is C38H59NO11. The van der Waals surface area contributed by atoms with Crippen molar-refractivity contribution in [1.82, 2.24) is 4.90 Å². The molecule has 1 aromatic carbocycles. The van der Waals surface area contributed by atoms with Crippen molar-refractivity contribution >= 4 is 17.5 Å². The van der Waals surface area contributed by atoms with E-state index in [0.29, 0.717) is 77.9 Å². The maximum Gasteiger partial charge on any atom is 0.343 e. The van der Waals surface area contributed by atoms with Gasteiger partial charge < -0.3 is 47.9 Å². The Balaban J connectivity index is 0.956. The molecule has 2 fully saturated rings. The molecule has 0 unspecified atom stereocenters. The summed E-state index contributed by atoms with van der Waals surface area (Å²) in [6.07, 6.45) is 4.95. The van der Waals surface area contributed by atoms with Gasteiger partial charge in [-0.25, -0.2) is 9.59 Å². The number of carbonyl (C=O) groups is 2. The van der Waals surface area contributed by atoms with Crippen molar-refractivity contribution in [3.63, 3.8) is 0 Å². The summed E-state index contributed by atoms with van der Waals surface area (Å²) < 4.78 is 45.0. The second-order valence-electron chi connectivity index (χ2n) is 14.4. The number of hydrogen-bond donors (Lipinski definition) is 1. The Morgan fingerprint density at radius 3 is 1.94 bits per heavy atom. The van der Waals surface area contributed by atoms with Crippen molar-refractivity contribution < 1.29 is 52.6 Å². The van der Waals surface area contributed by atoms with Crippen LogP contribution in [0.15, 0.2) is 24.0 Å². The topological polar surface area (TPSA) is 131 Å². The maximum absolute atomic E-state index is 12.9. The first-order valence-electron chi connectivity index (χ1n) is 18.2. The molecule has 3 aliphatic rings. The number of rotatable bonds is 20. The van der Waals surface area contributed by atoms with Gasteiger partial charge in [0.25, 0.3) is 0 Å².